The molecule has 19 heavy (non-hydrogen) atoms. The molecule has 0 aliphatic heterocycles. The van der Waals surface area contributed by atoms with Gasteiger partial charge in [-0.15, -0.1) is 0 Å². The predicted octanol–water partition coefficient (Wildman–Crippen LogP) is 2.33. The minimum atomic E-state index is -0.836. The van der Waals surface area contributed by atoms with Crippen LogP contribution in [0.1, 0.15) is 37.3 Å². The maximum Gasteiger partial charge on any atom is 0.226 e. The van der Waals surface area contributed by atoms with Crippen molar-refractivity contribution in [1.29, 1.82) is 0 Å². The molecule has 1 fully saturated rings. The molecule has 104 valence electrons. The first-order chi connectivity index (χ1) is 8.79. The van der Waals surface area contributed by atoms with Gasteiger partial charge in [-0.25, -0.2) is 0 Å². The molecule has 1 aromatic carbocycles. The first kappa shape index (κ1) is 14.1. The smallest absolute Gasteiger partial charge is 0.226 e. The predicted molar refractivity (Wildman–Crippen MR) is 76.0 cm³/mol. The van der Waals surface area contributed by atoms with Crippen LogP contribution < -0.4 is 0 Å². The Bertz CT molecular complexity index is 476. The maximum absolute atomic E-state index is 12.3. The fraction of sp³-hybridized carbons (Fsp3) is 0.562. The summed E-state index contributed by atoms with van der Waals surface area (Å²) in [7, 11) is 1.77. The number of carbonyl (C=O) groups is 1. The van der Waals surface area contributed by atoms with Crippen LogP contribution in [-0.4, -0.2) is 35.1 Å². The zero-order chi connectivity index (χ0) is 14.2. The molecule has 3 nitrogen and oxygen atoms in total. The molecule has 0 radical (unpaired) electrons. The highest BCUT2D eigenvalue weighted by Gasteiger charge is 2.45. The van der Waals surface area contributed by atoms with Gasteiger partial charge in [0.25, 0.3) is 0 Å². The van der Waals surface area contributed by atoms with Gasteiger partial charge in [0, 0.05) is 19.5 Å². The van der Waals surface area contributed by atoms with Gasteiger partial charge in [-0.05, 0) is 44.2 Å². The molecule has 0 heterocycles. The molecule has 2 rings (SSSR count). The van der Waals surface area contributed by atoms with E-state index < -0.39 is 5.60 Å². The third-order valence-electron chi connectivity index (χ3n) is 3.70. The number of nitrogens with zero attached hydrogens (tertiary/aromatic N) is 1. The minimum absolute atomic E-state index is 0.0912. The maximum atomic E-state index is 12.3. The van der Waals surface area contributed by atoms with Crippen molar-refractivity contribution in [2.24, 2.45) is 5.92 Å². The number of rotatable bonds is 4. The van der Waals surface area contributed by atoms with E-state index in [-0.39, 0.29) is 11.8 Å². The van der Waals surface area contributed by atoms with Crippen LogP contribution in [0, 0.1) is 12.8 Å². The Hall–Kier alpha value is -1.35. The molecular formula is C16H23NO2. The van der Waals surface area contributed by atoms with Crippen molar-refractivity contribution in [1.82, 2.24) is 4.90 Å². The molecule has 2 atom stereocenters. The van der Waals surface area contributed by atoms with Gasteiger partial charge in [-0.3, -0.25) is 4.79 Å². The van der Waals surface area contributed by atoms with Crippen LogP contribution in [-0.2, 0) is 4.79 Å². The summed E-state index contributed by atoms with van der Waals surface area (Å²) in [6.07, 6.45) is 0.930. The number of likely N-dealkylation sites (N-methyl/N-ethyl adjacent to an activating group) is 1. The molecule has 0 aromatic heterocycles. The molecule has 1 aliphatic rings. The van der Waals surface area contributed by atoms with E-state index in [9.17, 15) is 9.90 Å². The number of benzene rings is 1. The average molecular weight is 261 g/mol. The van der Waals surface area contributed by atoms with E-state index in [1.165, 1.54) is 11.1 Å². The molecule has 1 aliphatic carbocycles. The van der Waals surface area contributed by atoms with Crippen LogP contribution in [0.25, 0.3) is 0 Å². The van der Waals surface area contributed by atoms with Crippen LogP contribution in [0.2, 0.25) is 0 Å². The third kappa shape index (κ3) is 3.35. The molecule has 0 saturated heterocycles. The van der Waals surface area contributed by atoms with E-state index >= 15 is 0 Å². The van der Waals surface area contributed by atoms with Crippen molar-refractivity contribution in [3.8, 4) is 0 Å². The molecule has 1 saturated carbocycles. The number of hydrogen-bond donors (Lipinski definition) is 1. The van der Waals surface area contributed by atoms with Crippen LogP contribution in [0.3, 0.4) is 0 Å². The SMILES string of the molecule is Cc1ccccc1C1CC1C(=O)N(C)CC(C)(C)O. The van der Waals surface area contributed by atoms with E-state index in [1.54, 1.807) is 25.8 Å². The Morgan fingerprint density at radius 1 is 1.42 bits per heavy atom. The third-order valence-corrected chi connectivity index (χ3v) is 3.70. The Kier molecular flexibility index (Phi) is 3.68. The van der Waals surface area contributed by atoms with Gasteiger partial charge in [0.05, 0.1) is 5.60 Å². The summed E-state index contributed by atoms with van der Waals surface area (Å²) in [5.74, 6) is 0.599. The highest BCUT2D eigenvalue weighted by molar-refractivity contribution is 5.83. The lowest BCUT2D eigenvalue weighted by Gasteiger charge is -2.25. The summed E-state index contributed by atoms with van der Waals surface area (Å²) < 4.78 is 0. The summed E-state index contributed by atoms with van der Waals surface area (Å²) in [6.45, 7) is 5.92. The molecule has 0 bridgehead atoms. The van der Waals surface area contributed by atoms with E-state index in [4.69, 9.17) is 0 Å². The first-order valence-electron chi connectivity index (χ1n) is 6.82. The Morgan fingerprint density at radius 3 is 2.63 bits per heavy atom. The summed E-state index contributed by atoms with van der Waals surface area (Å²) in [4.78, 5) is 13.9. The summed E-state index contributed by atoms with van der Waals surface area (Å²) >= 11 is 0. The average Bonchev–Trinajstić information content (AvgIpc) is 3.06. The quantitative estimate of drug-likeness (QED) is 0.903. The second kappa shape index (κ2) is 4.97. The van der Waals surface area contributed by atoms with Crippen LogP contribution in [0.4, 0.5) is 0 Å². The number of aliphatic hydroxyl groups is 1. The minimum Gasteiger partial charge on any atom is -0.389 e. The summed E-state index contributed by atoms with van der Waals surface area (Å²) in [5, 5.41) is 9.77. The zero-order valence-electron chi connectivity index (χ0n) is 12.2. The van der Waals surface area contributed by atoms with E-state index in [0.29, 0.717) is 12.5 Å². The van der Waals surface area contributed by atoms with Gasteiger partial charge >= 0.3 is 0 Å². The molecule has 3 heteroatoms. The van der Waals surface area contributed by atoms with E-state index in [2.05, 4.69) is 19.1 Å². The van der Waals surface area contributed by atoms with Crippen molar-refractivity contribution in [3.63, 3.8) is 0 Å². The first-order valence-corrected chi connectivity index (χ1v) is 6.82. The van der Waals surface area contributed by atoms with Crippen molar-refractivity contribution < 1.29 is 9.90 Å². The van der Waals surface area contributed by atoms with E-state index in [0.717, 1.165) is 6.42 Å². The Morgan fingerprint density at radius 2 is 2.05 bits per heavy atom. The number of hydrogen-bond acceptors (Lipinski definition) is 2. The van der Waals surface area contributed by atoms with Crippen molar-refractivity contribution in [2.75, 3.05) is 13.6 Å². The number of amides is 1. The van der Waals surface area contributed by atoms with Crippen molar-refractivity contribution >= 4 is 5.91 Å². The highest BCUT2D eigenvalue weighted by atomic mass is 16.3. The Balaban J connectivity index is 2.00. The fourth-order valence-corrected chi connectivity index (χ4v) is 2.76. The molecule has 1 aromatic rings. The van der Waals surface area contributed by atoms with Gasteiger partial charge in [-0.1, -0.05) is 24.3 Å². The van der Waals surface area contributed by atoms with Crippen LogP contribution in [0.15, 0.2) is 24.3 Å². The number of carbonyl (C=O) groups excluding carboxylic acids is 1. The number of aryl methyl sites for hydroxylation is 1. The second-order valence-electron chi connectivity index (χ2n) is 6.31. The van der Waals surface area contributed by atoms with Gasteiger partial charge in [0.2, 0.25) is 5.91 Å². The Labute approximate surface area is 115 Å². The second-order valence-corrected chi connectivity index (χ2v) is 6.31. The van der Waals surface area contributed by atoms with Gasteiger partial charge in [0.15, 0.2) is 0 Å². The molecule has 1 N–H and O–H groups in total. The molecular weight excluding hydrogens is 238 g/mol. The van der Waals surface area contributed by atoms with E-state index in [1.807, 2.05) is 12.1 Å². The fourth-order valence-electron chi connectivity index (χ4n) is 2.76. The monoisotopic (exact) mass is 261 g/mol. The topological polar surface area (TPSA) is 40.5 Å². The highest BCUT2D eigenvalue weighted by Crippen LogP contribution is 2.49. The lowest BCUT2D eigenvalue weighted by molar-refractivity contribution is -0.134. The largest absolute Gasteiger partial charge is 0.389 e. The summed E-state index contributed by atoms with van der Waals surface area (Å²) in [5.41, 5.74) is 1.71. The van der Waals surface area contributed by atoms with Gasteiger partial charge in [0.1, 0.15) is 0 Å². The zero-order valence-corrected chi connectivity index (χ0v) is 12.2. The van der Waals surface area contributed by atoms with Crippen molar-refractivity contribution in [3.05, 3.63) is 35.4 Å². The molecule has 2 unspecified atom stereocenters. The van der Waals surface area contributed by atoms with Crippen LogP contribution in [0.5, 0.6) is 0 Å². The van der Waals surface area contributed by atoms with Crippen LogP contribution >= 0.6 is 0 Å². The van der Waals surface area contributed by atoms with Gasteiger partial charge < -0.3 is 10.0 Å². The lowest BCUT2D eigenvalue weighted by Crippen LogP contribution is -2.40. The normalized spacial score (nSPS) is 22.2. The molecule has 1 amide bonds. The summed E-state index contributed by atoms with van der Waals surface area (Å²) in [6, 6.07) is 8.26. The van der Waals surface area contributed by atoms with Gasteiger partial charge in [-0.2, -0.15) is 0 Å². The molecule has 0 spiro atoms. The van der Waals surface area contributed by atoms with Crippen molar-refractivity contribution in [2.45, 2.75) is 38.7 Å². The standard InChI is InChI=1S/C16H23NO2/c1-11-7-5-6-8-12(11)13-9-14(13)15(18)17(4)10-16(2,3)19/h5-8,13-14,19H,9-10H2,1-4H3. The lowest BCUT2D eigenvalue weighted by atomic mass is 10.0.